The molecular formula is C18H30N2O4. The van der Waals surface area contributed by atoms with Gasteiger partial charge in [0.25, 0.3) is 0 Å². The summed E-state index contributed by atoms with van der Waals surface area (Å²) in [6.07, 6.45) is 7.83. The van der Waals surface area contributed by atoms with Crippen LogP contribution in [-0.2, 0) is 14.4 Å². The van der Waals surface area contributed by atoms with Crippen molar-refractivity contribution in [1.29, 1.82) is 0 Å². The van der Waals surface area contributed by atoms with Gasteiger partial charge in [-0.15, -0.1) is 0 Å². The van der Waals surface area contributed by atoms with Crippen LogP contribution in [0.2, 0.25) is 0 Å². The van der Waals surface area contributed by atoms with Crippen molar-refractivity contribution in [3.05, 3.63) is 0 Å². The highest BCUT2D eigenvalue weighted by molar-refractivity contribution is 5.85. The Bertz CT molecular complexity index is 478. The maximum Gasteiger partial charge on any atom is 0.326 e. The fraction of sp³-hybridized carbons (Fsp3) is 0.833. The van der Waals surface area contributed by atoms with E-state index in [1.165, 1.54) is 37.5 Å². The van der Waals surface area contributed by atoms with Crippen molar-refractivity contribution >= 4 is 17.8 Å². The van der Waals surface area contributed by atoms with E-state index in [0.717, 1.165) is 19.3 Å². The summed E-state index contributed by atoms with van der Waals surface area (Å²) >= 11 is 0. The number of nitrogens with zero attached hydrogens (tertiary/aromatic N) is 1. The Morgan fingerprint density at radius 2 is 1.79 bits per heavy atom. The summed E-state index contributed by atoms with van der Waals surface area (Å²) in [6.45, 7) is 3.51. The van der Waals surface area contributed by atoms with Crippen molar-refractivity contribution in [1.82, 2.24) is 10.2 Å². The van der Waals surface area contributed by atoms with E-state index >= 15 is 0 Å². The highest BCUT2D eigenvalue weighted by Crippen LogP contribution is 2.44. The summed E-state index contributed by atoms with van der Waals surface area (Å²) < 4.78 is 0. The van der Waals surface area contributed by atoms with Gasteiger partial charge in [-0.05, 0) is 31.6 Å². The van der Waals surface area contributed by atoms with Crippen molar-refractivity contribution in [2.45, 2.75) is 64.8 Å². The fourth-order valence-electron chi connectivity index (χ4n) is 4.44. The SMILES string of the molecule is CC(=O)NCCN(C(=O)C1CCCC2CCCCC21)C(C)C(=O)O. The molecule has 6 nitrogen and oxygen atoms in total. The summed E-state index contributed by atoms with van der Waals surface area (Å²) in [4.78, 5) is 37.1. The number of carboxylic acids is 1. The third kappa shape index (κ3) is 4.48. The summed E-state index contributed by atoms with van der Waals surface area (Å²) in [5, 5.41) is 12.0. The predicted molar refractivity (Wildman–Crippen MR) is 90.3 cm³/mol. The molecule has 0 heterocycles. The van der Waals surface area contributed by atoms with E-state index in [4.69, 9.17) is 0 Å². The minimum atomic E-state index is -0.998. The van der Waals surface area contributed by atoms with Crippen molar-refractivity contribution in [3.63, 3.8) is 0 Å². The van der Waals surface area contributed by atoms with Crippen LogP contribution in [0.1, 0.15) is 58.8 Å². The van der Waals surface area contributed by atoms with Crippen LogP contribution >= 0.6 is 0 Å². The molecule has 0 spiro atoms. The molecule has 2 aliphatic carbocycles. The van der Waals surface area contributed by atoms with E-state index in [-0.39, 0.29) is 24.3 Å². The van der Waals surface area contributed by atoms with Crippen LogP contribution in [0.15, 0.2) is 0 Å². The number of hydrogen-bond donors (Lipinski definition) is 2. The zero-order valence-corrected chi connectivity index (χ0v) is 14.8. The first kappa shape index (κ1) is 18.7. The van der Waals surface area contributed by atoms with Gasteiger partial charge in [0.05, 0.1) is 0 Å². The van der Waals surface area contributed by atoms with Crippen LogP contribution in [0, 0.1) is 17.8 Å². The van der Waals surface area contributed by atoms with Crippen molar-refractivity contribution < 1.29 is 19.5 Å². The van der Waals surface area contributed by atoms with Gasteiger partial charge in [0.1, 0.15) is 6.04 Å². The maximum absolute atomic E-state index is 13.1. The molecule has 0 aromatic heterocycles. The first-order chi connectivity index (χ1) is 11.4. The van der Waals surface area contributed by atoms with Crippen LogP contribution in [0.3, 0.4) is 0 Å². The largest absolute Gasteiger partial charge is 0.480 e. The molecule has 6 heteroatoms. The van der Waals surface area contributed by atoms with Crippen LogP contribution in [0.4, 0.5) is 0 Å². The van der Waals surface area contributed by atoms with Crippen LogP contribution < -0.4 is 5.32 Å². The van der Waals surface area contributed by atoms with E-state index in [2.05, 4.69) is 5.32 Å². The molecule has 2 saturated carbocycles. The number of fused-ring (bicyclic) bond motifs is 1. The second-order valence-electron chi connectivity index (χ2n) is 7.27. The molecule has 0 aliphatic heterocycles. The van der Waals surface area contributed by atoms with Crippen LogP contribution in [-0.4, -0.2) is 46.9 Å². The first-order valence-electron chi connectivity index (χ1n) is 9.19. The molecule has 2 rings (SSSR count). The molecule has 4 atom stereocenters. The van der Waals surface area contributed by atoms with Gasteiger partial charge < -0.3 is 15.3 Å². The Hall–Kier alpha value is -1.59. The lowest BCUT2D eigenvalue weighted by Crippen LogP contribution is -2.51. The Kier molecular flexibility index (Phi) is 6.63. The van der Waals surface area contributed by atoms with Gasteiger partial charge in [-0.2, -0.15) is 0 Å². The van der Waals surface area contributed by atoms with Gasteiger partial charge in [-0.1, -0.05) is 32.1 Å². The Morgan fingerprint density at radius 3 is 2.46 bits per heavy atom. The van der Waals surface area contributed by atoms with Crippen molar-refractivity contribution in [3.8, 4) is 0 Å². The van der Waals surface area contributed by atoms with Crippen molar-refractivity contribution in [2.24, 2.45) is 17.8 Å². The number of aliphatic carboxylic acids is 1. The van der Waals surface area contributed by atoms with Crippen LogP contribution in [0.25, 0.3) is 0 Å². The lowest BCUT2D eigenvalue weighted by molar-refractivity contribution is -0.153. The quantitative estimate of drug-likeness (QED) is 0.776. The number of hydrogen-bond acceptors (Lipinski definition) is 3. The summed E-state index contributed by atoms with van der Waals surface area (Å²) in [5.41, 5.74) is 0. The molecule has 0 aromatic rings. The molecule has 4 unspecified atom stereocenters. The van der Waals surface area contributed by atoms with Gasteiger partial charge in [-0.25, -0.2) is 4.79 Å². The molecule has 0 bridgehead atoms. The van der Waals surface area contributed by atoms with Gasteiger partial charge in [0, 0.05) is 25.9 Å². The molecule has 136 valence electrons. The predicted octanol–water partition coefficient (Wildman–Crippen LogP) is 2.03. The lowest BCUT2D eigenvalue weighted by atomic mass is 9.65. The first-order valence-corrected chi connectivity index (χ1v) is 9.19. The maximum atomic E-state index is 13.1. The second-order valence-corrected chi connectivity index (χ2v) is 7.27. The third-order valence-electron chi connectivity index (χ3n) is 5.73. The van der Waals surface area contributed by atoms with Gasteiger partial charge >= 0.3 is 5.97 Å². The number of rotatable bonds is 6. The molecule has 0 saturated heterocycles. The zero-order chi connectivity index (χ0) is 17.7. The summed E-state index contributed by atoms with van der Waals surface area (Å²) in [6, 6.07) is -0.866. The topological polar surface area (TPSA) is 86.7 Å². The normalized spacial score (nSPS) is 27.7. The summed E-state index contributed by atoms with van der Waals surface area (Å²) in [5.74, 6) is -0.226. The average Bonchev–Trinajstić information content (AvgIpc) is 2.56. The number of carbonyl (C=O) groups is 3. The van der Waals surface area contributed by atoms with Gasteiger partial charge in [-0.3, -0.25) is 9.59 Å². The van der Waals surface area contributed by atoms with E-state index in [9.17, 15) is 19.5 Å². The second kappa shape index (κ2) is 8.49. The highest BCUT2D eigenvalue weighted by Gasteiger charge is 2.41. The monoisotopic (exact) mass is 338 g/mol. The number of carboxylic acid groups (broad SMARTS) is 1. The zero-order valence-electron chi connectivity index (χ0n) is 14.8. The Labute approximate surface area is 144 Å². The molecule has 2 N–H and O–H groups in total. The van der Waals surface area contributed by atoms with E-state index < -0.39 is 12.0 Å². The van der Waals surface area contributed by atoms with Gasteiger partial charge in [0.15, 0.2) is 0 Å². The van der Waals surface area contributed by atoms with E-state index in [1.54, 1.807) is 6.92 Å². The Balaban J connectivity index is 2.09. The minimum absolute atomic E-state index is 0.0353. The Morgan fingerprint density at radius 1 is 1.12 bits per heavy atom. The van der Waals surface area contributed by atoms with Crippen molar-refractivity contribution in [2.75, 3.05) is 13.1 Å². The number of carbonyl (C=O) groups excluding carboxylic acids is 2. The number of nitrogens with one attached hydrogen (secondary N) is 1. The molecule has 2 fully saturated rings. The van der Waals surface area contributed by atoms with Gasteiger partial charge in [0.2, 0.25) is 11.8 Å². The third-order valence-corrected chi connectivity index (χ3v) is 5.73. The highest BCUT2D eigenvalue weighted by atomic mass is 16.4. The molecule has 2 amide bonds. The van der Waals surface area contributed by atoms with E-state index in [0.29, 0.717) is 18.4 Å². The smallest absolute Gasteiger partial charge is 0.326 e. The average molecular weight is 338 g/mol. The minimum Gasteiger partial charge on any atom is -0.480 e. The standard InChI is InChI=1S/C18H30N2O4/c1-12(18(23)24)20(11-10-19-13(2)21)17(22)16-9-5-7-14-6-3-4-8-15(14)16/h12,14-16H,3-11H2,1-2H3,(H,19,21)(H,23,24). The molecule has 0 aromatic carbocycles. The molecule has 2 aliphatic rings. The molecule has 0 radical (unpaired) electrons. The summed E-state index contributed by atoms with van der Waals surface area (Å²) in [7, 11) is 0. The van der Waals surface area contributed by atoms with E-state index in [1.807, 2.05) is 0 Å². The molecule has 24 heavy (non-hydrogen) atoms. The lowest BCUT2D eigenvalue weighted by Gasteiger charge is -2.43. The fourth-order valence-corrected chi connectivity index (χ4v) is 4.44. The molecular weight excluding hydrogens is 308 g/mol. The van der Waals surface area contributed by atoms with Crippen LogP contribution in [0.5, 0.6) is 0 Å². The number of amides is 2.